The number of hydrogen-bond donors (Lipinski definition) is 2. The molecule has 1 fully saturated rings. The molecule has 0 spiro atoms. The van der Waals surface area contributed by atoms with Crippen LogP contribution in [0.25, 0.3) is 28.3 Å². The van der Waals surface area contributed by atoms with Gasteiger partial charge in [0.15, 0.2) is 23.1 Å². The molecule has 13 nitrogen and oxygen atoms in total. The average molecular weight is 594 g/mol. The van der Waals surface area contributed by atoms with Crippen LogP contribution in [0.4, 0.5) is 11.6 Å². The first-order valence-electron chi connectivity index (χ1n) is 14.4. The SMILES string of the molecule is CC(O)COc1ccc(N2CCN(C(=O)C(c3ccccc3)n3ncc4c3nc(N)n3nc(-c5ccco5)nc43)CC2)cc1. The molecule has 4 aromatic heterocycles. The molecule has 6 aromatic rings. The second-order valence-corrected chi connectivity index (χ2v) is 10.7. The third-order valence-corrected chi connectivity index (χ3v) is 7.67. The lowest BCUT2D eigenvalue weighted by Crippen LogP contribution is -2.51. The first kappa shape index (κ1) is 27.4. The second-order valence-electron chi connectivity index (χ2n) is 10.7. The minimum absolute atomic E-state index is 0.0827. The highest BCUT2D eigenvalue weighted by Crippen LogP contribution is 2.29. The molecule has 0 aliphatic carbocycles. The fourth-order valence-corrected chi connectivity index (χ4v) is 5.48. The molecule has 0 saturated carbocycles. The molecule has 1 saturated heterocycles. The molecule has 2 aromatic carbocycles. The summed E-state index contributed by atoms with van der Waals surface area (Å²) in [7, 11) is 0. The number of benzene rings is 2. The molecule has 1 aliphatic rings. The predicted molar refractivity (Wildman–Crippen MR) is 163 cm³/mol. The molecule has 1 amide bonds. The molecule has 0 bridgehead atoms. The molecule has 2 unspecified atom stereocenters. The van der Waals surface area contributed by atoms with Crippen molar-refractivity contribution in [3.8, 4) is 17.3 Å². The Labute approximate surface area is 252 Å². The van der Waals surface area contributed by atoms with Crippen LogP contribution >= 0.6 is 0 Å². The Bertz CT molecular complexity index is 1890. The number of ether oxygens (including phenoxy) is 1. The van der Waals surface area contributed by atoms with Crippen molar-refractivity contribution in [2.45, 2.75) is 19.1 Å². The van der Waals surface area contributed by atoms with Gasteiger partial charge in [0.2, 0.25) is 11.8 Å². The topological polar surface area (TPSA) is 153 Å². The van der Waals surface area contributed by atoms with E-state index in [1.54, 1.807) is 36.2 Å². The number of hydrogen-bond acceptors (Lipinski definition) is 10. The van der Waals surface area contributed by atoms with E-state index in [2.05, 4.69) is 25.1 Å². The Kier molecular flexibility index (Phi) is 7.06. The summed E-state index contributed by atoms with van der Waals surface area (Å²) in [6.07, 6.45) is 2.67. The van der Waals surface area contributed by atoms with E-state index in [1.807, 2.05) is 59.5 Å². The van der Waals surface area contributed by atoms with Gasteiger partial charge in [-0.3, -0.25) is 4.79 Å². The molecule has 2 atom stereocenters. The van der Waals surface area contributed by atoms with E-state index in [1.165, 1.54) is 4.52 Å². The van der Waals surface area contributed by atoms with Crippen molar-refractivity contribution in [3.05, 3.63) is 84.8 Å². The summed E-state index contributed by atoms with van der Waals surface area (Å²) in [5, 5.41) is 19.2. The van der Waals surface area contributed by atoms with Gasteiger partial charge >= 0.3 is 0 Å². The zero-order valence-electron chi connectivity index (χ0n) is 24.0. The number of carbonyl (C=O) groups is 1. The molecule has 7 rings (SSSR count). The van der Waals surface area contributed by atoms with Crippen molar-refractivity contribution in [2.75, 3.05) is 43.4 Å². The van der Waals surface area contributed by atoms with Crippen LogP contribution in [0.1, 0.15) is 18.5 Å². The fourth-order valence-electron chi connectivity index (χ4n) is 5.48. The zero-order chi connectivity index (χ0) is 30.2. The number of nitrogens with two attached hydrogens (primary N) is 1. The number of anilines is 2. The maximum atomic E-state index is 14.3. The van der Waals surface area contributed by atoms with Gasteiger partial charge in [-0.15, -0.1) is 5.10 Å². The number of aliphatic hydroxyl groups is 1. The Balaban J connectivity index is 1.16. The average Bonchev–Trinajstić information content (AvgIpc) is 3.82. The molecular formula is C31H31N9O4. The maximum Gasteiger partial charge on any atom is 0.252 e. The van der Waals surface area contributed by atoms with Crippen molar-refractivity contribution in [3.63, 3.8) is 0 Å². The predicted octanol–water partition coefficient (Wildman–Crippen LogP) is 3.01. The Morgan fingerprint density at radius 1 is 1.00 bits per heavy atom. The van der Waals surface area contributed by atoms with Crippen molar-refractivity contribution in [1.29, 1.82) is 0 Å². The highest BCUT2D eigenvalue weighted by molar-refractivity contribution is 5.92. The Morgan fingerprint density at radius 3 is 2.48 bits per heavy atom. The van der Waals surface area contributed by atoms with Crippen LogP contribution in [0, 0.1) is 0 Å². The summed E-state index contributed by atoms with van der Waals surface area (Å²) in [6.45, 7) is 4.35. The monoisotopic (exact) mass is 593 g/mol. The van der Waals surface area contributed by atoms with E-state index in [-0.39, 0.29) is 18.5 Å². The summed E-state index contributed by atoms with van der Waals surface area (Å²) < 4.78 is 14.1. The van der Waals surface area contributed by atoms with Gasteiger partial charge in [0.05, 0.1) is 24.0 Å². The lowest BCUT2D eigenvalue weighted by molar-refractivity contribution is -0.134. The minimum atomic E-state index is -0.757. The van der Waals surface area contributed by atoms with Crippen LogP contribution in [0.5, 0.6) is 5.75 Å². The Hall–Kier alpha value is -5.43. The van der Waals surface area contributed by atoms with Crippen LogP contribution in [-0.2, 0) is 4.79 Å². The number of aliphatic hydroxyl groups excluding tert-OH is 1. The first-order valence-corrected chi connectivity index (χ1v) is 14.4. The van der Waals surface area contributed by atoms with Crippen molar-refractivity contribution >= 4 is 34.2 Å². The highest BCUT2D eigenvalue weighted by Gasteiger charge is 2.33. The van der Waals surface area contributed by atoms with E-state index in [0.717, 1.165) is 11.3 Å². The number of amides is 1. The first-order chi connectivity index (χ1) is 21.5. The van der Waals surface area contributed by atoms with Gasteiger partial charge in [-0.05, 0) is 48.9 Å². The third kappa shape index (κ3) is 5.07. The van der Waals surface area contributed by atoms with Gasteiger partial charge in [-0.25, -0.2) is 9.67 Å². The number of fused-ring (bicyclic) bond motifs is 3. The van der Waals surface area contributed by atoms with Crippen molar-refractivity contribution in [2.24, 2.45) is 0 Å². The van der Waals surface area contributed by atoms with Gasteiger partial charge in [0, 0.05) is 31.9 Å². The summed E-state index contributed by atoms with van der Waals surface area (Å²) in [6, 6.07) is 20.1. The molecule has 13 heteroatoms. The quantitative estimate of drug-likeness (QED) is 0.269. The molecule has 3 N–H and O–H groups in total. The van der Waals surface area contributed by atoms with Gasteiger partial charge in [-0.1, -0.05) is 30.3 Å². The van der Waals surface area contributed by atoms with Crippen molar-refractivity contribution in [1.82, 2.24) is 34.3 Å². The van der Waals surface area contributed by atoms with E-state index < -0.39 is 12.1 Å². The number of furan rings is 1. The van der Waals surface area contributed by atoms with Gasteiger partial charge in [0.25, 0.3) is 5.91 Å². The molecule has 0 radical (unpaired) electrons. The highest BCUT2D eigenvalue weighted by atomic mass is 16.5. The largest absolute Gasteiger partial charge is 0.491 e. The molecule has 1 aliphatic heterocycles. The number of rotatable bonds is 8. The number of nitrogens with zero attached hydrogens (tertiary/aromatic N) is 8. The van der Waals surface area contributed by atoms with Crippen LogP contribution in [-0.4, -0.2) is 84.2 Å². The standard InChI is InChI=1S/C31H31N9O4/c1-20(41)19-44-23-11-9-22(10-12-23)37-13-15-38(16-14-37)30(42)26(21-6-3-2-4-7-21)39-29-24(18-33-39)28-34-27(25-8-5-17-43-25)36-40(28)31(32)35-29/h2-12,17-18,20,26,41H,13-16,19H2,1H3,(H2,32,35). The van der Waals surface area contributed by atoms with Crippen LogP contribution < -0.4 is 15.4 Å². The Morgan fingerprint density at radius 2 is 1.77 bits per heavy atom. The van der Waals surface area contributed by atoms with Crippen molar-refractivity contribution < 1.29 is 19.1 Å². The minimum Gasteiger partial charge on any atom is -0.491 e. The van der Waals surface area contributed by atoms with E-state index in [0.29, 0.717) is 60.2 Å². The summed E-state index contributed by atoms with van der Waals surface area (Å²) >= 11 is 0. The van der Waals surface area contributed by atoms with Crippen LogP contribution in [0.3, 0.4) is 0 Å². The number of nitrogen functional groups attached to an aromatic ring is 1. The van der Waals surface area contributed by atoms with Gasteiger partial charge in [-0.2, -0.15) is 14.6 Å². The smallest absolute Gasteiger partial charge is 0.252 e. The summed E-state index contributed by atoms with van der Waals surface area (Å²) in [5.41, 5.74) is 9.09. The lowest BCUT2D eigenvalue weighted by Gasteiger charge is -2.37. The normalized spacial score (nSPS) is 15.1. The van der Waals surface area contributed by atoms with E-state index in [9.17, 15) is 9.90 Å². The number of piperazine rings is 1. The van der Waals surface area contributed by atoms with E-state index >= 15 is 0 Å². The summed E-state index contributed by atoms with van der Waals surface area (Å²) in [4.78, 5) is 27.6. The van der Waals surface area contributed by atoms with E-state index in [4.69, 9.17) is 14.9 Å². The molecule has 44 heavy (non-hydrogen) atoms. The van der Waals surface area contributed by atoms with Gasteiger partial charge < -0.3 is 29.8 Å². The maximum absolute atomic E-state index is 14.3. The zero-order valence-corrected chi connectivity index (χ0v) is 24.0. The third-order valence-electron chi connectivity index (χ3n) is 7.67. The number of aromatic nitrogens is 6. The number of carbonyl (C=O) groups excluding carboxylic acids is 1. The van der Waals surface area contributed by atoms with Crippen LogP contribution in [0.2, 0.25) is 0 Å². The molecular weight excluding hydrogens is 562 g/mol. The summed E-state index contributed by atoms with van der Waals surface area (Å²) in [5.74, 6) is 1.62. The fraction of sp³-hybridized carbons (Fsp3) is 0.258. The van der Waals surface area contributed by atoms with Gasteiger partial charge in [0.1, 0.15) is 12.4 Å². The van der Waals surface area contributed by atoms with Crippen LogP contribution in [0.15, 0.2) is 83.6 Å². The molecule has 224 valence electrons. The molecule has 5 heterocycles. The lowest BCUT2D eigenvalue weighted by atomic mass is 10.0. The second kappa shape index (κ2) is 11.3.